The van der Waals surface area contributed by atoms with Gasteiger partial charge in [0.1, 0.15) is 0 Å². The molecule has 2 rings (SSSR count). The Morgan fingerprint density at radius 3 is 2.75 bits per heavy atom. The summed E-state index contributed by atoms with van der Waals surface area (Å²) < 4.78 is 0. The highest BCUT2D eigenvalue weighted by Gasteiger charge is 2.38. The van der Waals surface area contributed by atoms with Crippen molar-refractivity contribution >= 4 is 0 Å². The molecule has 2 aliphatic rings. The first-order valence-corrected chi connectivity index (χ1v) is 5.32. The Morgan fingerprint density at radius 1 is 1.33 bits per heavy atom. The van der Waals surface area contributed by atoms with Crippen LogP contribution in [0.15, 0.2) is 0 Å². The van der Waals surface area contributed by atoms with Gasteiger partial charge in [0.25, 0.3) is 0 Å². The molecule has 2 saturated heterocycles. The smallest absolute Gasteiger partial charge is 0.0320 e. The number of hydrogen-bond donors (Lipinski definition) is 1. The average molecular weight is 168 g/mol. The molecule has 0 saturated carbocycles. The van der Waals surface area contributed by atoms with Crippen molar-refractivity contribution in [1.82, 2.24) is 10.2 Å². The van der Waals surface area contributed by atoms with Crippen molar-refractivity contribution in [3.63, 3.8) is 0 Å². The van der Waals surface area contributed by atoms with E-state index in [0.717, 1.165) is 0 Å². The van der Waals surface area contributed by atoms with Crippen molar-refractivity contribution in [3.05, 3.63) is 0 Å². The first kappa shape index (κ1) is 8.52. The lowest BCUT2D eigenvalue weighted by Crippen LogP contribution is -2.61. The second-order valence-electron chi connectivity index (χ2n) is 4.28. The van der Waals surface area contributed by atoms with Gasteiger partial charge in [-0.25, -0.2) is 0 Å². The molecule has 0 amide bonds. The van der Waals surface area contributed by atoms with Gasteiger partial charge in [-0.3, -0.25) is 0 Å². The SMILES string of the molecule is CCN1CCCCC2(CCN2)C1. The largest absolute Gasteiger partial charge is 0.310 e. The van der Waals surface area contributed by atoms with Crippen LogP contribution < -0.4 is 5.32 Å². The summed E-state index contributed by atoms with van der Waals surface area (Å²) in [6.07, 6.45) is 5.63. The lowest BCUT2D eigenvalue weighted by molar-refractivity contribution is 0.134. The standard InChI is InChI=1S/C10H20N2/c1-2-12-8-4-3-5-10(9-12)6-7-11-10/h11H,2-9H2,1H3. The molecule has 2 aliphatic heterocycles. The predicted molar refractivity (Wildman–Crippen MR) is 51.3 cm³/mol. The van der Waals surface area contributed by atoms with Gasteiger partial charge in [-0.05, 0) is 38.9 Å². The van der Waals surface area contributed by atoms with Crippen molar-refractivity contribution < 1.29 is 0 Å². The Balaban J connectivity index is 1.95. The fraction of sp³-hybridized carbons (Fsp3) is 1.00. The van der Waals surface area contributed by atoms with Crippen LogP contribution in [0.25, 0.3) is 0 Å². The van der Waals surface area contributed by atoms with Gasteiger partial charge in [0.15, 0.2) is 0 Å². The van der Waals surface area contributed by atoms with Gasteiger partial charge < -0.3 is 10.2 Å². The number of likely N-dealkylation sites (tertiary alicyclic amines) is 1. The number of rotatable bonds is 1. The van der Waals surface area contributed by atoms with E-state index in [-0.39, 0.29) is 0 Å². The first-order chi connectivity index (χ1) is 5.85. The van der Waals surface area contributed by atoms with Crippen LogP contribution in [-0.4, -0.2) is 36.6 Å². The molecule has 0 aromatic heterocycles. The molecule has 0 aliphatic carbocycles. The third kappa shape index (κ3) is 1.50. The second-order valence-corrected chi connectivity index (χ2v) is 4.28. The Kier molecular flexibility index (Phi) is 2.37. The van der Waals surface area contributed by atoms with Gasteiger partial charge in [-0.1, -0.05) is 13.3 Å². The highest BCUT2D eigenvalue weighted by Crippen LogP contribution is 2.28. The number of nitrogens with zero attached hydrogens (tertiary/aromatic N) is 1. The molecule has 0 aromatic rings. The molecule has 2 heterocycles. The van der Waals surface area contributed by atoms with E-state index in [0.29, 0.717) is 5.54 Å². The molecular weight excluding hydrogens is 148 g/mol. The van der Waals surface area contributed by atoms with Crippen LogP contribution in [0.5, 0.6) is 0 Å². The molecule has 0 radical (unpaired) electrons. The fourth-order valence-electron chi connectivity index (χ4n) is 2.48. The molecular formula is C10H20N2. The number of nitrogens with one attached hydrogen (secondary N) is 1. The minimum Gasteiger partial charge on any atom is -0.310 e. The first-order valence-electron chi connectivity index (χ1n) is 5.32. The number of hydrogen-bond acceptors (Lipinski definition) is 2. The van der Waals surface area contributed by atoms with Crippen LogP contribution >= 0.6 is 0 Å². The van der Waals surface area contributed by atoms with E-state index in [1.54, 1.807) is 0 Å². The molecule has 1 N–H and O–H groups in total. The summed E-state index contributed by atoms with van der Waals surface area (Å²) >= 11 is 0. The van der Waals surface area contributed by atoms with Crippen molar-refractivity contribution in [1.29, 1.82) is 0 Å². The quantitative estimate of drug-likeness (QED) is 0.633. The van der Waals surface area contributed by atoms with Crippen LogP contribution in [0.1, 0.15) is 32.6 Å². The molecule has 1 spiro atoms. The molecule has 2 fully saturated rings. The molecule has 1 unspecified atom stereocenters. The molecule has 12 heavy (non-hydrogen) atoms. The zero-order valence-corrected chi connectivity index (χ0v) is 8.10. The predicted octanol–water partition coefficient (Wildman–Crippen LogP) is 1.22. The average Bonchev–Trinajstić information content (AvgIpc) is 2.24. The minimum atomic E-state index is 0.534. The zero-order chi connectivity index (χ0) is 8.44. The van der Waals surface area contributed by atoms with Crippen LogP contribution in [0.3, 0.4) is 0 Å². The molecule has 0 aromatic carbocycles. The van der Waals surface area contributed by atoms with E-state index < -0.39 is 0 Å². The van der Waals surface area contributed by atoms with Crippen molar-refractivity contribution in [3.8, 4) is 0 Å². The second kappa shape index (κ2) is 3.35. The summed E-state index contributed by atoms with van der Waals surface area (Å²) in [4.78, 5) is 2.60. The maximum atomic E-state index is 3.62. The molecule has 1 atom stereocenters. The zero-order valence-electron chi connectivity index (χ0n) is 8.10. The third-order valence-electron chi connectivity index (χ3n) is 3.46. The highest BCUT2D eigenvalue weighted by atomic mass is 15.2. The number of likely N-dealkylation sites (N-methyl/N-ethyl adjacent to an activating group) is 1. The van der Waals surface area contributed by atoms with Gasteiger partial charge in [0.2, 0.25) is 0 Å². The minimum absolute atomic E-state index is 0.534. The lowest BCUT2D eigenvalue weighted by Gasteiger charge is -2.45. The Hall–Kier alpha value is -0.0800. The van der Waals surface area contributed by atoms with Crippen LogP contribution in [0, 0.1) is 0 Å². The van der Waals surface area contributed by atoms with E-state index in [1.165, 1.54) is 51.9 Å². The van der Waals surface area contributed by atoms with E-state index in [2.05, 4.69) is 17.1 Å². The van der Waals surface area contributed by atoms with Gasteiger partial charge in [0.05, 0.1) is 0 Å². The van der Waals surface area contributed by atoms with E-state index >= 15 is 0 Å². The summed E-state index contributed by atoms with van der Waals surface area (Å²) in [6.45, 7) is 7.36. The summed E-state index contributed by atoms with van der Waals surface area (Å²) in [5.41, 5.74) is 0.534. The Morgan fingerprint density at radius 2 is 2.17 bits per heavy atom. The van der Waals surface area contributed by atoms with Crippen molar-refractivity contribution in [2.24, 2.45) is 0 Å². The van der Waals surface area contributed by atoms with Crippen LogP contribution in [0.4, 0.5) is 0 Å². The molecule has 2 nitrogen and oxygen atoms in total. The van der Waals surface area contributed by atoms with E-state index in [4.69, 9.17) is 0 Å². The van der Waals surface area contributed by atoms with Crippen molar-refractivity contribution in [2.75, 3.05) is 26.2 Å². The lowest BCUT2D eigenvalue weighted by atomic mass is 9.83. The summed E-state index contributed by atoms with van der Waals surface area (Å²) in [5, 5.41) is 3.62. The maximum Gasteiger partial charge on any atom is 0.0320 e. The summed E-state index contributed by atoms with van der Waals surface area (Å²) in [7, 11) is 0. The van der Waals surface area contributed by atoms with Gasteiger partial charge in [-0.2, -0.15) is 0 Å². The topological polar surface area (TPSA) is 15.3 Å². The Labute approximate surface area is 75.3 Å². The van der Waals surface area contributed by atoms with Gasteiger partial charge >= 0.3 is 0 Å². The highest BCUT2D eigenvalue weighted by molar-refractivity contribution is 4.99. The molecule has 0 bridgehead atoms. The van der Waals surface area contributed by atoms with Gasteiger partial charge in [-0.15, -0.1) is 0 Å². The van der Waals surface area contributed by atoms with Crippen molar-refractivity contribution in [2.45, 2.75) is 38.1 Å². The normalized spacial score (nSPS) is 37.8. The summed E-state index contributed by atoms with van der Waals surface area (Å²) in [6, 6.07) is 0. The van der Waals surface area contributed by atoms with E-state index in [9.17, 15) is 0 Å². The van der Waals surface area contributed by atoms with E-state index in [1.807, 2.05) is 0 Å². The van der Waals surface area contributed by atoms with Crippen LogP contribution in [0.2, 0.25) is 0 Å². The fourth-order valence-corrected chi connectivity index (χ4v) is 2.48. The molecule has 70 valence electrons. The Bertz CT molecular complexity index is 152. The third-order valence-corrected chi connectivity index (χ3v) is 3.46. The summed E-state index contributed by atoms with van der Waals surface area (Å²) in [5.74, 6) is 0. The molecule has 2 heteroatoms. The monoisotopic (exact) mass is 168 g/mol. The van der Waals surface area contributed by atoms with Crippen LogP contribution in [-0.2, 0) is 0 Å². The van der Waals surface area contributed by atoms with Gasteiger partial charge in [0, 0.05) is 12.1 Å². The maximum absolute atomic E-state index is 3.62.